The topological polar surface area (TPSA) is 62.7 Å². The fraction of sp³-hybridized carbons (Fsp3) is 0.267. The van der Waals surface area contributed by atoms with Gasteiger partial charge < -0.3 is 10.6 Å². The molecule has 2 heterocycles. The van der Waals surface area contributed by atoms with Gasteiger partial charge >= 0.3 is 0 Å². The van der Waals surface area contributed by atoms with E-state index in [1.807, 2.05) is 38.2 Å². The zero-order valence-electron chi connectivity index (χ0n) is 12.1. The highest BCUT2D eigenvalue weighted by Gasteiger charge is 2.06. The van der Waals surface area contributed by atoms with Crippen LogP contribution in [0, 0.1) is 6.92 Å². The Hall–Kier alpha value is -2.21. The minimum absolute atomic E-state index is 0.626. The Morgan fingerprint density at radius 2 is 2.00 bits per heavy atom. The van der Waals surface area contributed by atoms with E-state index in [2.05, 4.69) is 31.0 Å². The van der Waals surface area contributed by atoms with Crippen LogP contribution in [0.3, 0.4) is 0 Å². The third kappa shape index (κ3) is 3.11. The summed E-state index contributed by atoms with van der Waals surface area (Å²) in [6, 6.07) is 8.01. The normalized spacial score (nSPS) is 10.8. The zero-order chi connectivity index (χ0) is 14.7. The highest BCUT2D eigenvalue weighted by Crippen LogP contribution is 2.21. The van der Waals surface area contributed by atoms with Crippen molar-refractivity contribution in [3.05, 3.63) is 40.3 Å². The third-order valence-corrected chi connectivity index (χ3v) is 3.99. The fourth-order valence-electron chi connectivity index (χ4n) is 2.16. The van der Waals surface area contributed by atoms with Gasteiger partial charge in [0.05, 0.1) is 16.2 Å². The van der Waals surface area contributed by atoms with Crippen LogP contribution in [0.1, 0.15) is 10.7 Å². The van der Waals surface area contributed by atoms with Crippen molar-refractivity contribution in [2.75, 3.05) is 24.2 Å². The molecular weight excluding hydrogens is 282 g/mol. The molecule has 21 heavy (non-hydrogen) atoms. The maximum absolute atomic E-state index is 4.50. The Kier molecular flexibility index (Phi) is 3.96. The Labute approximate surface area is 127 Å². The zero-order valence-corrected chi connectivity index (χ0v) is 12.9. The Balaban J connectivity index is 1.79. The number of hydrogen-bond acceptors (Lipinski definition) is 6. The molecule has 108 valence electrons. The van der Waals surface area contributed by atoms with Gasteiger partial charge in [-0.05, 0) is 19.1 Å². The summed E-state index contributed by atoms with van der Waals surface area (Å²) in [7, 11) is 1.83. The first-order valence-electron chi connectivity index (χ1n) is 6.85. The molecule has 0 aliphatic rings. The van der Waals surface area contributed by atoms with Crippen molar-refractivity contribution in [3.63, 3.8) is 0 Å². The standard InChI is InChI=1S/C15H17N5S/c1-10-18-11(9-21-10)7-8-17-14-12-5-3-4-6-13(12)19-15(16-2)20-14/h3-6,9H,7-8H2,1-2H3,(H2,16,17,19,20). The average Bonchev–Trinajstić information content (AvgIpc) is 2.92. The van der Waals surface area contributed by atoms with Gasteiger partial charge in [0.1, 0.15) is 5.82 Å². The SMILES string of the molecule is CNc1nc(NCCc2csc(C)n2)c2ccccc2n1. The summed E-state index contributed by atoms with van der Waals surface area (Å²) in [6.07, 6.45) is 0.886. The second-order valence-corrected chi connectivity index (χ2v) is 5.76. The van der Waals surface area contributed by atoms with Crippen molar-refractivity contribution in [1.82, 2.24) is 15.0 Å². The van der Waals surface area contributed by atoms with Gasteiger partial charge in [0.15, 0.2) is 0 Å². The first kappa shape index (κ1) is 13.8. The van der Waals surface area contributed by atoms with Gasteiger partial charge in [0, 0.05) is 30.8 Å². The van der Waals surface area contributed by atoms with Crippen LogP contribution in [0.15, 0.2) is 29.6 Å². The molecule has 0 aliphatic carbocycles. The fourth-order valence-corrected chi connectivity index (χ4v) is 2.80. The van der Waals surface area contributed by atoms with Crippen LogP contribution in [0.2, 0.25) is 0 Å². The number of benzene rings is 1. The number of thiazole rings is 1. The van der Waals surface area contributed by atoms with E-state index in [9.17, 15) is 0 Å². The summed E-state index contributed by atoms with van der Waals surface area (Å²) < 4.78 is 0. The van der Waals surface area contributed by atoms with E-state index in [0.29, 0.717) is 5.95 Å². The molecule has 0 bridgehead atoms. The number of nitrogens with one attached hydrogen (secondary N) is 2. The first-order chi connectivity index (χ1) is 10.3. The molecule has 0 atom stereocenters. The van der Waals surface area contributed by atoms with Gasteiger partial charge in [-0.2, -0.15) is 4.98 Å². The van der Waals surface area contributed by atoms with Crippen LogP contribution in [-0.4, -0.2) is 28.5 Å². The van der Waals surface area contributed by atoms with Crippen LogP contribution in [0.25, 0.3) is 10.9 Å². The van der Waals surface area contributed by atoms with Crippen LogP contribution in [0.5, 0.6) is 0 Å². The van der Waals surface area contributed by atoms with Crippen molar-refractivity contribution in [2.24, 2.45) is 0 Å². The van der Waals surface area contributed by atoms with Gasteiger partial charge in [-0.1, -0.05) is 12.1 Å². The van der Waals surface area contributed by atoms with Crippen LogP contribution in [0.4, 0.5) is 11.8 Å². The van der Waals surface area contributed by atoms with Crippen LogP contribution >= 0.6 is 11.3 Å². The number of aromatic nitrogens is 3. The molecule has 0 aliphatic heterocycles. The lowest BCUT2D eigenvalue weighted by Crippen LogP contribution is -2.09. The largest absolute Gasteiger partial charge is 0.369 e. The van der Waals surface area contributed by atoms with E-state index < -0.39 is 0 Å². The lowest BCUT2D eigenvalue weighted by Gasteiger charge is -2.10. The Morgan fingerprint density at radius 1 is 1.14 bits per heavy atom. The summed E-state index contributed by atoms with van der Waals surface area (Å²) in [5.74, 6) is 1.48. The molecule has 2 aromatic heterocycles. The van der Waals surface area contributed by atoms with E-state index in [-0.39, 0.29) is 0 Å². The summed E-state index contributed by atoms with van der Waals surface area (Å²) >= 11 is 1.68. The summed E-state index contributed by atoms with van der Waals surface area (Å²) in [5, 5.41) is 10.6. The summed E-state index contributed by atoms with van der Waals surface area (Å²) in [5.41, 5.74) is 2.06. The monoisotopic (exact) mass is 299 g/mol. The predicted molar refractivity (Wildman–Crippen MR) is 88.1 cm³/mol. The quantitative estimate of drug-likeness (QED) is 0.758. The highest BCUT2D eigenvalue weighted by atomic mass is 32.1. The van der Waals surface area contributed by atoms with Gasteiger partial charge in [-0.3, -0.25) is 0 Å². The van der Waals surface area contributed by atoms with Crippen LogP contribution < -0.4 is 10.6 Å². The maximum atomic E-state index is 4.50. The lowest BCUT2D eigenvalue weighted by atomic mass is 10.2. The van der Waals surface area contributed by atoms with E-state index >= 15 is 0 Å². The molecule has 0 saturated carbocycles. The molecular formula is C15H17N5S. The third-order valence-electron chi connectivity index (χ3n) is 3.17. The molecule has 0 fully saturated rings. The number of aryl methyl sites for hydroxylation is 1. The van der Waals surface area contributed by atoms with Gasteiger partial charge in [0.2, 0.25) is 5.95 Å². The predicted octanol–water partition coefficient (Wildman–Crippen LogP) is 3.09. The Morgan fingerprint density at radius 3 is 2.76 bits per heavy atom. The summed E-state index contributed by atoms with van der Waals surface area (Å²) in [6.45, 7) is 2.83. The molecule has 6 heteroatoms. The number of hydrogen-bond donors (Lipinski definition) is 2. The molecule has 0 saturated heterocycles. The minimum Gasteiger partial charge on any atom is -0.369 e. The molecule has 2 N–H and O–H groups in total. The second kappa shape index (κ2) is 6.05. The maximum Gasteiger partial charge on any atom is 0.224 e. The number of para-hydroxylation sites is 1. The van der Waals surface area contributed by atoms with Crippen LogP contribution in [-0.2, 0) is 6.42 Å². The molecule has 5 nitrogen and oxygen atoms in total. The van der Waals surface area contributed by atoms with Crippen molar-refractivity contribution >= 4 is 34.0 Å². The van der Waals surface area contributed by atoms with E-state index in [0.717, 1.165) is 40.4 Å². The van der Waals surface area contributed by atoms with Crippen molar-refractivity contribution < 1.29 is 0 Å². The number of anilines is 2. The molecule has 3 rings (SSSR count). The first-order valence-corrected chi connectivity index (χ1v) is 7.73. The molecule has 0 radical (unpaired) electrons. The number of fused-ring (bicyclic) bond motifs is 1. The number of rotatable bonds is 5. The van der Waals surface area contributed by atoms with Crippen molar-refractivity contribution in [2.45, 2.75) is 13.3 Å². The van der Waals surface area contributed by atoms with Gasteiger partial charge in [-0.15, -0.1) is 11.3 Å². The molecule has 0 amide bonds. The van der Waals surface area contributed by atoms with E-state index in [1.165, 1.54) is 0 Å². The number of nitrogens with zero attached hydrogens (tertiary/aromatic N) is 3. The lowest BCUT2D eigenvalue weighted by molar-refractivity contribution is 0.961. The summed E-state index contributed by atoms with van der Waals surface area (Å²) in [4.78, 5) is 13.4. The van der Waals surface area contributed by atoms with E-state index in [1.54, 1.807) is 11.3 Å². The van der Waals surface area contributed by atoms with Crippen molar-refractivity contribution in [1.29, 1.82) is 0 Å². The minimum atomic E-state index is 0.626. The molecule has 1 aromatic carbocycles. The van der Waals surface area contributed by atoms with Gasteiger partial charge in [0.25, 0.3) is 0 Å². The Bertz CT molecular complexity index is 753. The van der Waals surface area contributed by atoms with Gasteiger partial charge in [-0.25, -0.2) is 9.97 Å². The van der Waals surface area contributed by atoms with Crippen molar-refractivity contribution in [3.8, 4) is 0 Å². The average molecular weight is 299 g/mol. The van der Waals surface area contributed by atoms with E-state index in [4.69, 9.17) is 0 Å². The molecule has 0 spiro atoms. The molecule has 0 unspecified atom stereocenters. The molecule has 3 aromatic rings. The highest BCUT2D eigenvalue weighted by molar-refractivity contribution is 7.09. The second-order valence-electron chi connectivity index (χ2n) is 4.70. The smallest absolute Gasteiger partial charge is 0.224 e.